The van der Waals surface area contributed by atoms with Crippen molar-refractivity contribution in [1.82, 2.24) is 0 Å². The summed E-state index contributed by atoms with van der Waals surface area (Å²) in [4.78, 5) is 11.9. The van der Waals surface area contributed by atoms with E-state index in [-0.39, 0.29) is 22.7 Å². The van der Waals surface area contributed by atoms with E-state index in [0.29, 0.717) is 30.6 Å². The molecule has 0 bridgehead atoms. The highest BCUT2D eigenvalue weighted by molar-refractivity contribution is 5.95. The number of carbonyl (C=O) groups excluding carboxylic acids is 1. The van der Waals surface area contributed by atoms with Crippen LogP contribution >= 0.6 is 0 Å². The van der Waals surface area contributed by atoms with Gasteiger partial charge in [-0.3, -0.25) is 4.79 Å². The molecule has 8 atom stereocenters. The molecule has 4 rings (SSSR count). The Morgan fingerprint density at radius 2 is 1.78 bits per heavy atom. The smallest absolute Gasteiger partial charge is 0.184 e. The minimum atomic E-state index is -0.933. The van der Waals surface area contributed by atoms with Crippen LogP contribution in [0.1, 0.15) is 52.4 Å². The van der Waals surface area contributed by atoms with Crippen molar-refractivity contribution in [2.45, 2.75) is 70.7 Å². The third kappa shape index (κ3) is 1.98. The van der Waals surface area contributed by atoms with E-state index in [1.54, 1.807) is 0 Å². The minimum Gasteiger partial charge on any atom is -0.393 e. The number of hydrogen-bond acceptors (Lipinski definition) is 4. The zero-order chi connectivity index (χ0) is 16.6. The second-order valence-corrected chi connectivity index (χ2v) is 8.91. The lowest BCUT2D eigenvalue weighted by Gasteiger charge is -2.59. The summed E-state index contributed by atoms with van der Waals surface area (Å²) in [6, 6.07) is 0. The van der Waals surface area contributed by atoms with Gasteiger partial charge in [-0.2, -0.15) is 0 Å². The molecular weight excluding hydrogens is 292 g/mol. The van der Waals surface area contributed by atoms with Gasteiger partial charge >= 0.3 is 0 Å². The monoisotopic (exact) mass is 320 g/mol. The molecule has 0 radical (unpaired) electrons. The van der Waals surface area contributed by atoms with Gasteiger partial charge in [-0.1, -0.05) is 13.8 Å². The van der Waals surface area contributed by atoms with Crippen LogP contribution in [0.25, 0.3) is 0 Å². The number of carbonyl (C=O) groups is 1. The fourth-order valence-corrected chi connectivity index (χ4v) is 6.64. The van der Waals surface area contributed by atoms with Crippen LogP contribution in [-0.4, -0.2) is 39.4 Å². The van der Waals surface area contributed by atoms with Gasteiger partial charge in [-0.15, -0.1) is 0 Å². The average Bonchev–Trinajstić information content (AvgIpc) is 2.78. The van der Waals surface area contributed by atoms with Crippen LogP contribution < -0.4 is 0 Å². The molecule has 3 N–H and O–H groups in total. The van der Waals surface area contributed by atoms with Crippen LogP contribution in [0.3, 0.4) is 0 Å². The van der Waals surface area contributed by atoms with Crippen molar-refractivity contribution in [3.63, 3.8) is 0 Å². The van der Waals surface area contributed by atoms with E-state index in [1.165, 1.54) is 6.08 Å². The molecule has 128 valence electrons. The average molecular weight is 320 g/mol. The second kappa shape index (κ2) is 4.90. The lowest BCUT2D eigenvalue weighted by Crippen LogP contribution is -2.56. The number of aliphatic hydroxyl groups is 3. The van der Waals surface area contributed by atoms with E-state index in [2.05, 4.69) is 13.8 Å². The number of ketones is 1. The Morgan fingerprint density at radius 3 is 2.52 bits per heavy atom. The van der Waals surface area contributed by atoms with Crippen molar-refractivity contribution in [2.24, 2.45) is 28.6 Å². The van der Waals surface area contributed by atoms with Crippen LogP contribution in [0.2, 0.25) is 0 Å². The summed E-state index contributed by atoms with van der Waals surface area (Å²) in [6.45, 7) is 4.34. The van der Waals surface area contributed by atoms with Crippen LogP contribution in [0.15, 0.2) is 11.6 Å². The predicted molar refractivity (Wildman–Crippen MR) is 85.5 cm³/mol. The number of fused-ring (bicyclic) bond motifs is 5. The molecule has 4 nitrogen and oxygen atoms in total. The first-order chi connectivity index (χ1) is 10.8. The molecule has 4 aliphatic carbocycles. The Kier molecular flexibility index (Phi) is 3.37. The van der Waals surface area contributed by atoms with E-state index < -0.39 is 12.2 Å². The van der Waals surface area contributed by atoms with Gasteiger partial charge in [-0.25, -0.2) is 0 Å². The zero-order valence-corrected chi connectivity index (χ0v) is 14.0. The van der Waals surface area contributed by atoms with Gasteiger partial charge in [-0.05, 0) is 78.8 Å². The molecule has 4 aliphatic rings. The van der Waals surface area contributed by atoms with Crippen molar-refractivity contribution < 1.29 is 20.1 Å². The van der Waals surface area contributed by atoms with Gasteiger partial charge in [0.15, 0.2) is 5.78 Å². The van der Waals surface area contributed by atoms with E-state index >= 15 is 0 Å². The molecule has 0 heterocycles. The quantitative estimate of drug-likeness (QED) is 0.636. The predicted octanol–water partition coefficient (Wildman–Crippen LogP) is 1.82. The fourth-order valence-electron chi connectivity index (χ4n) is 6.64. The van der Waals surface area contributed by atoms with E-state index in [0.717, 1.165) is 31.3 Å². The maximum Gasteiger partial charge on any atom is 0.184 e. The molecule has 0 aromatic carbocycles. The van der Waals surface area contributed by atoms with Gasteiger partial charge in [0.2, 0.25) is 0 Å². The molecule has 0 aromatic heterocycles. The molecule has 0 aromatic rings. The Labute approximate surface area is 137 Å². The third-order valence-corrected chi connectivity index (χ3v) is 7.96. The Bertz CT molecular complexity index is 570. The Balaban J connectivity index is 1.74. The highest BCUT2D eigenvalue weighted by atomic mass is 16.3. The molecule has 23 heavy (non-hydrogen) atoms. The van der Waals surface area contributed by atoms with E-state index in [4.69, 9.17) is 0 Å². The van der Waals surface area contributed by atoms with Crippen LogP contribution in [0.5, 0.6) is 0 Å². The van der Waals surface area contributed by atoms with Gasteiger partial charge < -0.3 is 15.3 Å². The van der Waals surface area contributed by atoms with Gasteiger partial charge in [0, 0.05) is 0 Å². The largest absolute Gasteiger partial charge is 0.393 e. The molecule has 0 spiro atoms. The summed E-state index contributed by atoms with van der Waals surface area (Å²) in [5.41, 5.74) is 0.530. The molecule has 0 saturated heterocycles. The van der Waals surface area contributed by atoms with Crippen molar-refractivity contribution >= 4 is 5.78 Å². The number of aliphatic hydroxyl groups excluding tert-OH is 3. The van der Waals surface area contributed by atoms with Crippen LogP contribution in [0.4, 0.5) is 0 Å². The minimum absolute atomic E-state index is 0.0262. The van der Waals surface area contributed by atoms with Crippen molar-refractivity contribution in [3.8, 4) is 0 Å². The Hall–Kier alpha value is -0.710. The first kappa shape index (κ1) is 15.8. The normalized spacial score (nSPS) is 55.7. The third-order valence-electron chi connectivity index (χ3n) is 7.96. The zero-order valence-electron chi connectivity index (χ0n) is 14.0. The maximum atomic E-state index is 11.9. The summed E-state index contributed by atoms with van der Waals surface area (Å²) >= 11 is 0. The summed E-state index contributed by atoms with van der Waals surface area (Å²) in [5.74, 6) is 0.956. The summed E-state index contributed by atoms with van der Waals surface area (Å²) in [6.07, 6.45) is 4.81. The molecular formula is C19H28O4. The van der Waals surface area contributed by atoms with E-state index in [9.17, 15) is 20.1 Å². The standard InChI is InChI=1S/C19H28O4/c1-18-6-5-12-10(11(18)3-4-17(18)23)7-14(20)13-8-15(21)16(22)9-19(12,13)2/h8,10-12,14,16-17,20,22-23H,3-7,9H2,1-2H3/t10-,11-,12+,14?,16?,17?,18-,19+/m0/s1. The lowest BCUT2D eigenvalue weighted by molar-refractivity contribution is -0.132. The van der Waals surface area contributed by atoms with Crippen molar-refractivity contribution in [1.29, 1.82) is 0 Å². The van der Waals surface area contributed by atoms with Gasteiger partial charge in [0.1, 0.15) is 6.10 Å². The second-order valence-electron chi connectivity index (χ2n) is 8.91. The molecule has 0 amide bonds. The molecule has 3 fully saturated rings. The highest BCUT2D eigenvalue weighted by Gasteiger charge is 2.61. The fraction of sp³-hybridized carbons (Fsp3) is 0.842. The number of hydrogen-bond donors (Lipinski definition) is 3. The molecule has 4 heteroatoms. The summed E-state index contributed by atoms with van der Waals surface area (Å²) in [7, 11) is 0. The SMILES string of the molecule is C[C@]12CC(O)C(=O)C=C1C(O)C[C@@H]1[C@H]2CC[C@]2(C)C(O)CC[C@@H]12. The van der Waals surface area contributed by atoms with Gasteiger partial charge in [0.25, 0.3) is 0 Å². The molecule has 3 saturated carbocycles. The number of rotatable bonds is 0. The van der Waals surface area contributed by atoms with Crippen LogP contribution in [0, 0.1) is 28.6 Å². The van der Waals surface area contributed by atoms with Crippen LogP contribution in [-0.2, 0) is 4.79 Å². The Morgan fingerprint density at radius 1 is 1.04 bits per heavy atom. The first-order valence-electron chi connectivity index (χ1n) is 9.07. The van der Waals surface area contributed by atoms with Crippen molar-refractivity contribution in [3.05, 3.63) is 11.6 Å². The lowest BCUT2D eigenvalue weighted by atomic mass is 9.46. The molecule has 0 aliphatic heterocycles. The highest BCUT2D eigenvalue weighted by Crippen LogP contribution is 2.65. The van der Waals surface area contributed by atoms with E-state index in [1.807, 2.05) is 0 Å². The summed E-state index contributed by atoms with van der Waals surface area (Å²) in [5, 5.41) is 31.3. The van der Waals surface area contributed by atoms with Crippen molar-refractivity contribution in [2.75, 3.05) is 0 Å². The molecule has 3 unspecified atom stereocenters. The first-order valence-corrected chi connectivity index (χ1v) is 9.07. The van der Waals surface area contributed by atoms with Gasteiger partial charge in [0.05, 0.1) is 12.2 Å². The summed E-state index contributed by atoms with van der Waals surface area (Å²) < 4.78 is 0. The maximum absolute atomic E-state index is 11.9. The topological polar surface area (TPSA) is 77.8 Å².